The van der Waals surface area contributed by atoms with E-state index in [1.165, 1.54) is 21.8 Å². The largest absolute Gasteiger partial charge is 0.347 e. The summed E-state index contributed by atoms with van der Waals surface area (Å²) >= 11 is 0. The third-order valence-electron chi connectivity index (χ3n) is 4.70. The fourth-order valence-corrected chi connectivity index (χ4v) is 3.37. The number of rotatable bonds is 3. The Morgan fingerprint density at radius 3 is 2.18 bits per heavy atom. The summed E-state index contributed by atoms with van der Waals surface area (Å²) in [6.45, 7) is 5.61. The smallest absolute Gasteiger partial charge is 0.165 e. The number of benzene rings is 2. The third kappa shape index (κ3) is 2.13. The topological polar surface area (TPSA) is 23.4 Å². The summed E-state index contributed by atoms with van der Waals surface area (Å²) in [6, 6.07) is 17.1. The van der Waals surface area contributed by atoms with Crippen molar-refractivity contribution < 1.29 is 9.47 Å². The Kier molecular flexibility index (Phi) is 3.21. The minimum absolute atomic E-state index is 0.101. The van der Waals surface area contributed by atoms with Gasteiger partial charge >= 0.3 is 0 Å². The van der Waals surface area contributed by atoms with Crippen molar-refractivity contribution in [2.75, 3.05) is 6.61 Å². The van der Waals surface area contributed by atoms with Crippen molar-refractivity contribution in [2.45, 2.75) is 38.7 Å². The maximum atomic E-state index is 6.13. The van der Waals surface area contributed by atoms with Crippen LogP contribution in [0.25, 0.3) is 21.8 Å². The molecule has 0 aliphatic carbocycles. The van der Waals surface area contributed by atoms with Crippen LogP contribution in [0.5, 0.6) is 0 Å². The quantitative estimate of drug-likeness (QED) is 0.717. The highest BCUT2D eigenvalue weighted by Crippen LogP contribution is 2.32. The van der Waals surface area contributed by atoms with Crippen LogP contribution < -0.4 is 0 Å². The maximum absolute atomic E-state index is 6.13. The molecule has 0 radical (unpaired) electrons. The number of nitrogens with zero attached hydrogens (tertiary/aromatic N) is 1. The number of fused-ring (bicyclic) bond motifs is 3. The van der Waals surface area contributed by atoms with Crippen LogP contribution >= 0.6 is 0 Å². The Morgan fingerprint density at radius 1 is 1.05 bits per heavy atom. The molecule has 0 unspecified atom stereocenters. The third-order valence-corrected chi connectivity index (χ3v) is 4.70. The average molecular weight is 295 g/mol. The van der Waals surface area contributed by atoms with Gasteiger partial charge in [-0.2, -0.15) is 0 Å². The molecular formula is C19H21NO2. The van der Waals surface area contributed by atoms with Gasteiger partial charge in [0.25, 0.3) is 0 Å². The first-order valence-electron chi connectivity index (χ1n) is 7.98. The molecule has 2 aromatic carbocycles. The second-order valence-corrected chi connectivity index (χ2v) is 6.18. The van der Waals surface area contributed by atoms with Gasteiger partial charge in [0.2, 0.25) is 0 Å². The van der Waals surface area contributed by atoms with E-state index in [-0.39, 0.29) is 6.10 Å². The molecule has 0 bridgehead atoms. The number of aromatic nitrogens is 1. The van der Waals surface area contributed by atoms with E-state index in [0.717, 1.165) is 13.0 Å². The van der Waals surface area contributed by atoms with Gasteiger partial charge in [-0.3, -0.25) is 0 Å². The van der Waals surface area contributed by atoms with Gasteiger partial charge in [-0.05, 0) is 25.5 Å². The first-order chi connectivity index (χ1) is 10.7. The van der Waals surface area contributed by atoms with E-state index in [4.69, 9.17) is 9.47 Å². The first-order valence-corrected chi connectivity index (χ1v) is 7.98. The highest BCUT2D eigenvalue weighted by molar-refractivity contribution is 6.07. The Hall–Kier alpha value is -1.84. The summed E-state index contributed by atoms with van der Waals surface area (Å²) in [5.74, 6) is -0.427. The van der Waals surface area contributed by atoms with Crippen molar-refractivity contribution in [3.05, 3.63) is 48.5 Å². The summed E-state index contributed by atoms with van der Waals surface area (Å²) < 4.78 is 14.3. The molecule has 2 atom stereocenters. The van der Waals surface area contributed by atoms with Crippen LogP contribution in [0.1, 0.15) is 20.3 Å². The molecule has 114 valence electrons. The van der Waals surface area contributed by atoms with Crippen molar-refractivity contribution in [1.29, 1.82) is 0 Å². The molecule has 4 rings (SSSR count). The fraction of sp³-hybridized carbons (Fsp3) is 0.368. The van der Waals surface area contributed by atoms with Crippen LogP contribution in [-0.2, 0) is 16.0 Å². The molecule has 3 nitrogen and oxygen atoms in total. The van der Waals surface area contributed by atoms with E-state index in [1.807, 2.05) is 6.92 Å². The SMILES string of the molecule is CC[C@]1(C)OC[C@H](Cn2c3ccccc3c3ccccc32)O1. The van der Waals surface area contributed by atoms with Crippen LogP contribution in [0.3, 0.4) is 0 Å². The molecule has 1 aromatic heterocycles. The molecule has 1 fully saturated rings. The van der Waals surface area contributed by atoms with E-state index in [0.29, 0.717) is 6.61 Å². The van der Waals surface area contributed by atoms with Gasteiger partial charge in [-0.25, -0.2) is 0 Å². The Bertz CT molecular complexity index is 769. The van der Waals surface area contributed by atoms with Crippen molar-refractivity contribution in [3.8, 4) is 0 Å². The number of hydrogen-bond acceptors (Lipinski definition) is 2. The van der Waals surface area contributed by atoms with Crippen LogP contribution in [0, 0.1) is 0 Å². The van der Waals surface area contributed by atoms with Crippen LogP contribution in [-0.4, -0.2) is 23.1 Å². The van der Waals surface area contributed by atoms with Gasteiger partial charge in [0, 0.05) is 21.8 Å². The zero-order valence-corrected chi connectivity index (χ0v) is 13.1. The lowest BCUT2D eigenvalue weighted by atomic mass is 10.2. The second-order valence-electron chi connectivity index (χ2n) is 6.18. The van der Waals surface area contributed by atoms with Crippen molar-refractivity contribution >= 4 is 21.8 Å². The van der Waals surface area contributed by atoms with Crippen molar-refractivity contribution in [1.82, 2.24) is 4.57 Å². The minimum Gasteiger partial charge on any atom is -0.347 e. The molecule has 1 aliphatic heterocycles. The van der Waals surface area contributed by atoms with E-state index in [1.54, 1.807) is 0 Å². The standard InChI is InChI=1S/C19H21NO2/c1-3-19(2)21-13-14(22-19)12-20-17-10-6-4-8-15(17)16-9-5-7-11-18(16)20/h4-11,14H,3,12-13H2,1-2H3/t14-,19+/m0/s1. The predicted octanol–water partition coefficient (Wildman–Crippen LogP) is 4.34. The molecule has 0 saturated carbocycles. The van der Waals surface area contributed by atoms with Crippen LogP contribution in [0.2, 0.25) is 0 Å². The molecule has 3 heteroatoms. The molecule has 22 heavy (non-hydrogen) atoms. The van der Waals surface area contributed by atoms with Gasteiger partial charge in [0.15, 0.2) is 5.79 Å². The van der Waals surface area contributed by atoms with E-state index >= 15 is 0 Å². The fourth-order valence-electron chi connectivity index (χ4n) is 3.37. The molecule has 0 amide bonds. The molecule has 0 N–H and O–H groups in total. The highest BCUT2D eigenvalue weighted by Gasteiger charge is 2.35. The van der Waals surface area contributed by atoms with E-state index in [2.05, 4.69) is 60.0 Å². The zero-order valence-electron chi connectivity index (χ0n) is 13.1. The Balaban J connectivity index is 1.77. The number of ether oxygens (including phenoxy) is 2. The van der Waals surface area contributed by atoms with Crippen molar-refractivity contribution in [2.24, 2.45) is 0 Å². The minimum atomic E-state index is -0.427. The normalized spacial score (nSPS) is 25.3. The summed E-state index contributed by atoms with van der Waals surface area (Å²) in [5.41, 5.74) is 2.52. The molecule has 3 aromatic rings. The monoisotopic (exact) mass is 295 g/mol. The predicted molar refractivity (Wildman–Crippen MR) is 89.0 cm³/mol. The van der Waals surface area contributed by atoms with Gasteiger partial charge in [0.05, 0.1) is 13.2 Å². The van der Waals surface area contributed by atoms with Crippen LogP contribution in [0.15, 0.2) is 48.5 Å². The van der Waals surface area contributed by atoms with Gasteiger partial charge in [-0.1, -0.05) is 43.3 Å². The number of para-hydroxylation sites is 2. The number of hydrogen-bond donors (Lipinski definition) is 0. The Morgan fingerprint density at radius 2 is 1.64 bits per heavy atom. The molecule has 2 heterocycles. The highest BCUT2D eigenvalue weighted by atomic mass is 16.7. The summed E-state index contributed by atoms with van der Waals surface area (Å²) in [4.78, 5) is 0. The lowest BCUT2D eigenvalue weighted by Gasteiger charge is -2.21. The van der Waals surface area contributed by atoms with E-state index in [9.17, 15) is 0 Å². The molecule has 1 saturated heterocycles. The second kappa shape index (κ2) is 5.11. The lowest BCUT2D eigenvalue weighted by Crippen LogP contribution is -2.26. The lowest BCUT2D eigenvalue weighted by molar-refractivity contribution is -0.156. The molecule has 0 spiro atoms. The maximum Gasteiger partial charge on any atom is 0.165 e. The zero-order chi connectivity index (χ0) is 15.2. The van der Waals surface area contributed by atoms with Crippen molar-refractivity contribution in [3.63, 3.8) is 0 Å². The van der Waals surface area contributed by atoms with Gasteiger partial charge < -0.3 is 14.0 Å². The molecular weight excluding hydrogens is 274 g/mol. The van der Waals surface area contributed by atoms with E-state index < -0.39 is 5.79 Å². The first kappa shape index (κ1) is 13.8. The van der Waals surface area contributed by atoms with Crippen LogP contribution in [0.4, 0.5) is 0 Å². The molecule has 1 aliphatic rings. The summed E-state index contributed by atoms with van der Waals surface area (Å²) in [7, 11) is 0. The average Bonchev–Trinajstić information content (AvgIpc) is 3.09. The van der Waals surface area contributed by atoms with Gasteiger partial charge in [-0.15, -0.1) is 0 Å². The van der Waals surface area contributed by atoms with Gasteiger partial charge in [0.1, 0.15) is 6.10 Å². The Labute approximate surface area is 130 Å². The summed E-state index contributed by atoms with van der Waals surface area (Å²) in [6.07, 6.45) is 0.973. The summed E-state index contributed by atoms with van der Waals surface area (Å²) in [5, 5.41) is 2.60.